The highest BCUT2D eigenvalue weighted by Gasteiger charge is 2.22. The Morgan fingerprint density at radius 3 is 2.57 bits per heavy atom. The zero-order valence-corrected chi connectivity index (χ0v) is 12.5. The highest BCUT2D eigenvalue weighted by molar-refractivity contribution is 6.07. The highest BCUT2D eigenvalue weighted by Crippen LogP contribution is 2.22. The Balaban J connectivity index is 2.40. The molecule has 21 heavy (non-hydrogen) atoms. The number of fused-ring (bicyclic) bond motifs is 1. The summed E-state index contributed by atoms with van der Waals surface area (Å²) in [4.78, 5) is 25.1. The summed E-state index contributed by atoms with van der Waals surface area (Å²) < 4.78 is 1.89. The Morgan fingerprint density at radius 2 is 1.95 bits per heavy atom. The van der Waals surface area contributed by atoms with Gasteiger partial charge in [-0.25, -0.2) is 0 Å². The number of amides is 1. The highest BCUT2D eigenvalue weighted by atomic mass is 16.4. The lowest BCUT2D eigenvalue weighted by molar-refractivity contribution is -0.137. The lowest BCUT2D eigenvalue weighted by atomic mass is 10.1. The number of aryl methyl sites for hydroxylation is 1. The minimum Gasteiger partial charge on any atom is -0.480 e. The van der Waals surface area contributed by atoms with E-state index in [4.69, 9.17) is 5.11 Å². The number of rotatable bonds is 5. The number of aromatic nitrogens is 1. The molecule has 1 aromatic heterocycles. The predicted molar refractivity (Wildman–Crippen MR) is 81.3 cm³/mol. The standard InChI is InChI=1S/C16H20N2O3/c1-11(2)8-18(10-15(19)20)16(21)13-9-17(3)14-7-5-4-6-12(13)14/h4-7,9,11H,8,10H2,1-3H3,(H,19,20). The lowest BCUT2D eigenvalue weighted by Gasteiger charge is -2.22. The topological polar surface area (TPSA) is 62.5 Å². The van der Waals surface area contributed by atoms with Crippen molar-refractivity contribution in [1.29, 1.82) is 0 Å². The van der Waals surface area contributed by atoms with Crippen LogP contribution >= 0.6 is 0 Å². The molecule has 1 N–H and O–H groups in total. The maximum Gasteiger partial charge on any atom is 0.323 e. The third-order valence-corrected chi connectivity index (χ3v) is 3.33. The molecular formula is C16H20N2O3. The molecule has 1 amide bonds. The molecule has 112 valence electrons. The van der Waals surface area contributed by atoms with Crippen molar-refractivity contribution < 1.29 is 14.7 Å². The first-order valence-electron chi connectivity index (χ1n) is 6.95. The molecule has 0 aliphatic carbocycles. The van der Waals surface area contributed by atoms with Gasteiger partial charge < -0.3 is 14.6 Å². The zero-order chi connectivity index (χ0) is 15.6. The third-order valence-electron chi connectivity index (χ3n) is 3.33. The molecule has 2 aromatic rings. The van der Waals surface area contributed by atoms with Gasteiger partial charge in [0.15, 0.2) is 0 Å². The van der Waals surface area contributed by atoms with Crippen LogP contribution in [0, 0.1) is 5.92 Å². The van der Waals surface area contributed by atoms with Crippen LogP contribution in [0.1, 0.15) is 24.2 Å². The summed E-state index contributed by atoms with van der Waals surface area (Å²) in [6.45, 7) is 4.07. The maximum atomic E-state index is 12.7. The van der Waals surface area contributed by atoms with E-state index in [1.54, 1.807) is 6.20 Å². The number of benzene rings is 1. The van der Waals surface area contributed by atoms with Crippen LogP contribution in [0.25, 0.3) is 10.9 Å². The van der Waals surface area contributed by atoms with Crippen LogP contribution in [0.2, 0.25) is 0 Å². The van der Waals surface area contributed by atoms with Crippen molar-refractivity contribution in [2.24, 2.45) is 13.0 Å². The molecular weight excluding hydrogens is 268 g/mol. The fraction of sp³-hybridized carbons (Fsp3) is 0.375. The van der Waals surface area contributed by atoms with E-state index in [-0.39, 0.29) is 18.4 Å². The van der Waals surface area contributed by atoms with Crippen LogP contribution in [0.4, 0.5) is 0 Å². The van der Waals surface area contributed by atoms with Crippen molar-refractivity contribution in [3.8, 4) is 0 Å². The second kappa shape index (κ2) is 5.99. The molecule has 2 rings (SSSR count). The fourth-order valence-electron chi connectivity index (χ4n) is 2.51. The third kappa shape index (κ3) is 3.24. The first-order valence-corrected chi connectivity index (χ1v) is 6.95. The van der Waals surface area contributed by atoms with E-state index in [2.05, 4.69) is 0 Å². The summed E-state index contributed by atoms with van der Waals surface area (Å²) in [6.07, 6.45) is 1.77. The molecule has 0 saturated carbocycles. The van der Waals surface area contributed by atoms with Gasteiger partial charge in [-0.1, -0.05) is 32.0 Å². The Hall–Kier alpha value is -2.30. The van der Waals surface area contributed by atoms with Crippen molar-refractivity contribution in [3.63, 3.8) is 0 Å². The number of carboxylic acid groups (broad SMARTS) is 1. The Bertz CT molecular complexity index is 673. The van der Waals surface area contributed by atoms with Gasteiger partial charge in [-0.2, -0.15) is 0 Å². The van der Waals surface area contributed by atoms with Gasteiger partial charge in [0.2, 0.25) is 0 Å². The molecule has 1 aromatic carbocycles. The van der Waals surface area contributed by atoms with E-state index >= 15 is 0 Å². The molecule has 0 aliphatic heterocycles. The average Bonchev–Trinajstić information content (AvgIpc) is 2.74. The number of hydrogen-bond acceptors (Lipinski definition) is 2. The molecule has 0 spiro atoms. The summed E-state index contributed by atoms with van der Waals surface area (Å²) in [5.74, 6) is -1.02. The molecule has 0 bridgehead atoms. The molecule has 5 nitrogen and oxygen atoms in total. The Kier molecular flexibility index (Phi) is 4.31. The van der Waals surface area contributed by atoms with Crippen LogP contribution in [0.15, 0.2) is 30.5 Å². The molecule has 0 radical (unpaired) electrons. The van der Waals surface area contributed by atoms with Gasteiger partial charge in [0.25, 0.3) is 5.91 Å². The molecule has 0 atom stereocenters. The van der Waals surface area contributed by atoms with Crippen LogP contribution in [0.5, 0.6) is 0 Å². The van der Waals surface area contributed by atoms with Crippen molar-refractivity contribution >= 4 is 22.8 Å². The molecule has 0 unspecified atom stereocenters. The number of carbonyl (C=O) groups excluding carboxylic acids is 1. The van der Waals surface area contributed by atoms with E-state index in [0.717, 1.165) is 10.9 Å². The van der Waals surface area contributed by atoms with Crippen LogP contribution in [-0.2, 0) is 11.8 Å². The second-order valence-electron chi connectivity index (χ2n) is 5.64. The molecule has 0 aliphatic rings. The van der Waals surface area contributed by atoms with Gasteiger partial charge in [0.05, 0.1) is 5.56 Å². The van der Waals surface area contributed by atoms with Crippen LogP contribution in [0.3, 0.4) is 0 Å². The molecule has 1 heterocycles. The van der Waals surface area contributed by atoms with Crippen molar-refractivity contribution in [2.75, 3.05) is 13.1 Å². The van der Waals surface area contributed by atoms with Gasteiger partial charge >= 0.3 is 5.97 Å². The van der Waals surface area contributed by atoms with Crippen LogP contribution < -0.4 is 0 Å². The molecule has 5 heteroatoms. The number of hydrogen-bond donors (Lipinski definition) is 1. The van der Waals surface area contributed by atoms with Gasteiger partial charge in [0.1, 0.15) is 6.54 Å². The lowest BCUT2D eigenvalue weighted by Crippen LogP contribution is -2.38. The number of para-hydroxylation sites is 1. The normalized spacial score (nSPS) is 11.0. The van der Waals surface area contributed by atoms with Crippen molar-refractivity contribution in [1.82, 2.24) is 9.47 Å². The fourth-order valence-corrected chi connectivity index (χ4v) is 2.51. The summed E-state index contributed by atoms with van der Waals surface area (Å²) >= 11 is 0. The zero-order valence-electron chi connectivity index (χ0n) is 12.5. The number of aliphatic carboxylic acids is 1. The van der Waals surface area contributed by atoms with Gasteiger partial charge in [0, 0.05) is 30.7 Å². The van der Waals surface area contributed by atoms with E-state index in [1.807, 2.05) is 49.7 Å². The van der Waals surface area contributed by atoms with Gasteiger partial charge in [-0.05, 0) is 12.0 Å². The largest absolute Gasteiger partial charge is 0.480 e. The first kappa shape index (κ1) is 15.1. The number of carboxylic acids is 1. The van der Waals surface area contributed by atoms with E-state index < -0.39 is 5.97 Å². The van der Waals surface area contributed by atoms with Crippen molar-refractivity contribution in [3.05, 3.63) is 36.0 Å². The molecule has 0 saturated heterocycles. The molecule has 0 fully saturated rings. The average molecular weight is 288 g/mol. The monoisotopic (exact) mass is 288 g/mol. The summed E-state index contributed by atoms with van der Waals surface area (Å²) in [6, 6.07) is 7.62. The van der Waals surface area contributed by atoms with Gasteiger partial charge in [-0.15, -0.1) is 0 Å². The van der Waals surface area contributed by atoms with Crippen LogP contribution in [-0.4, -0.2) is 39.5 Å². The quantitative estimate of drug-likeness (QED) is 0.918. The summed E-state index contributed by atoms with van der Waals surface area (Å²) in [5, 5.41) is 9.86. The predicted octanol–water partition coefficient (Wildman–Crippen LogP) is 2.36. The second-order valence-corrected chi connectivity index (χ2v) is 5.64. The van der Waals surface area contributed by atoms with E-state index in [1.165, 1.54) is 4.90 Å². The van der Waals surface area contributed by atoms with Gasteiger partial charge in [-0.3, -0.25) is 9.59 Å². The number of carbonyl (C=O) groups is 2. The summed E-state index contributed by atoms with van der Waals surface area (Å²) in [7, 11) is 1.88. The number of nitrogens with zero attached hydrogens (tertiary/aromatic N) is 2. The summed E-state index contributed by atoms with van der Waals surface area (Å²) in [5.41, 5.74) is 1.51. The smallest absolute Gasteiger partial charge is 0.323 e. The van der Waals surface area contributed by atoms with Crippen molar-refractivity contribution in [2.45, 2.75) is 13.8 Å². The Labute approximate surface area is 123 Å². The van der Waals surface area contributed by atoms with E-state index in [0.29, 0.717) is 12.1 Å². The minimum atomic E-state index is -0.996. The SMILES string of the molecule is CC(C)CN(CC(=O)O)C(=O)c1cn(C)c2ccccc12. The van der Waals surface area contributed by atoms with E-state index in [9.17, 15) is 9.59 Å². The Morgan fingerprint density at radius 1 is 1.29 bits per heavy atom. The minimum absolute atomic E-state index is 0.211. The first-order chi connectivity index (χ1) is 9.90. The maximum absolute atomic E-state index is 12.7.